The molecule has 1 aromatic heterocycles. The lowest BCUT2D eigenvalue weighted by Crippen LogP contribution is -2.40. The first-order valence-electron chi connectivity index (χ1n) is 10.6. The molecule has 0 bridgehead atoms. The molecular weight excluding hydrogens is 414 g/mol. The number of rotatable bonds is 4. The van der Waals surface area contributed by atoms with Crippen LogP contribution in [0.2, 0.25) is 0 Å². The summed E-state index contributed by atoms with van der Waals surface area (Å²) in [5.41, 5.74) is 6.51. The topological polar surface area (TPSA) is 91.3 Å². The van der Waals surface area contributed by atoms with Crippen LogP contribution in [-0.2, 0) is 0 Å². The van der Waals surface area contributed by atoms with E-state index in [-0.39, 0.29) is 11.4 Å². The minimum Gasteiger partial charge on any atom is -0.347 e. The Balaban J connectivity index is 1.62. The number of fused-ring (bicyclic) bond motifs is 1. The summed E-state index contributed by atoms with van der Waals surface area (Å²) in [6, 6.07) is 24.3. The normalized spacial score (nSPS) is 11.3. The highest BCUT2D eigenvalue weighted by atomic mass is 16.5. The lowest BCUT2D eigenvalue weighted by molar-refractivity contribution is 0.0708. The zero-order valence-corrected chi connectivity index (χ0v) is 18.7. The van der Waals surface area contributed by atoms with Crippen LogP contribution < -0.4 is 10.8 Å². The second-order valence-electron chi connectivity index (χ2n) is 8.87. The van der Waals surface area contributed by atoms with Gasteiger partial charge in [0.05, 0.1) is 16.8 Å². The molecule has 0 aliphatic heterocycles. The van der Waals surface area contributed by atoms with Gasteiger partial charge in [-0.15, -0.1) is 0 Å². The Morgan fingerprint density at radius 1 is 0.788 bits per heavy atom. The number of nitrogens with one attached hydrogen (secondary N) is 2. The van der Waals surface area contributed by atoms with Gasteiger partial charge < -0.3 is 5.32 Å². The minimum absolute atomic E-state index is 0.102. The monoisotopic (exact) mass is 439 g/mol. The van der Waals surface area contributed by atoms with Crippen molar-refractivity contribution in [1.29, 1.82) is 0 Å². The minimum atomic E-state index is -0.581. The third-order valence-corrected chi connectivity index (χ3v) is 5.21. The second kappa shape index (κ2) is 8.84. The predicted octanol–water partition coefficient (Wildman–Crippen LogP) is 5.22. The van der Waals surface area contributed by atoms with E-state index in [0.717, 1.165) is 16.7 Å². The first-order valence-corrected chi connectivity index (χ1v) is 10.6. The number of nitrogens with zero attached hydrogens (tertiary/aromatic N) is 1. The fourth-order valence-corrected chi connectivity index (χ4v) is 3.63. The Morgan fingerprint density at radius 3 is 1.97 bits per heavy atom. The maximum Gasteiger partial charge on any atom is 0.275 e. The third kappa shape index (κ3) is 4.91. The summed E-state index contributed by atoms with van der Waals surface area (Å²) in [4.78, 5) is 29.2. The van der Waals surface area contributed by atoms with Crippen molar-refractivity contribution >= 4 is 22.7 Å². The van der Waals surface area contributed by atoms with Crippen molar-refractivity contribution in [2.75, 3.05) is 0 Å². The van der Waals surface area contributed by atoms with Gasteiger partial charge in [-0.25, -0.2) is 10.5 Å². The zero-order chi connectivity index (χ0) is 23.6. The number of carbonyl (C=O) groups is 2. The van der Waals surface area contributed by atoms with E-state index in [1.807, 2.05) is 87.5 Å². The van der Waals surface area contributed by atoms with Crippen molar-refractivity contribution < 1.29 is 14.8 Å². The first-order chi connectivity index (χ1) is 15.7. The number of carbonyl (C=O) groups excluding carboxylic acids is 2. The van der Waals surface area contributed by atoms with Gasteiger partial charge in [0.1, 0.15) is 0 Å². The Bertz CT molecular complexity index is 1320. The summed E-state index contributed by atoms with van der Waals surface area (Å²) < 4.78 is 0. The average molecular weight is 440 g/mol. The Kier molecular flexibility index (Phi) is 5.94. The molecule has 1 heterocycles. The molecule has 0 unspecified atom stereocenters. The third-order valence-electron chi connectivity index (χ3n) is 5.21. The average Bonchev–Trinajstić information content (AvgIpc) is 2.82. The fourth-order valence-electron chi connectivity index (χ4n) is 3.63. The van der Waals surface area contributed by atoms with E-state index in [0.29, 0.717) is 27.7 Å². The standard InChI is InChI=1S/C27H25N3O3/c1-27(2,3)29-25(31)20-14-10-18(11-15-20)17-8-12-19(13-9-17)24-16-22(26(32)30-33)21-6-4-5-7-23(21)28-24/h4-16,33H,1-3H3,(H,29,31)(H,30,32). The Hall–Kier alpha value is -4.03. The van der Waals surface area contributed by atoms with Crippen LogP contribution in [0, 0.1) is 0 Å². The molecule has 0 atom stereocenters. The van der Waals surface area contributed by atoms with Crippen molar-refractivity contribution in [1.82, 2.24) is 15.8 Å². The van der Waals surface area contributed by atoms with Gasteiger partial charge in [-0.05, 0) is 56.2 Å². The maximum absolute atomic E-state index is 12.3. The number of pyridine rings is 1. The lowest BCUT2D eigenvalue weighted by Gasteiger charge is -2.20. The lowest BCUT2D eigenvalue weighted by atomic mass is 9.99. The fraction of sp³-hybridized carbons (Fsp3) is 0.148. The van der Waals surface area contributed by atoms with Crippen LogP contribution in [0.25, 0.3) is 33.3 Å². The molecule has 33 heavy (non-hydrogen) atoms. The van der Waals surface area contributed by atoms with Gasteiger partial charge in [0.25, 0.3) is 11.8 Å². The predicted molar refractivity (Wildman–Crippen MR) is 129 cm³/mol. The molecule has 6 heteroatoms. The number of hydrogen-bond acceptors (Lipinski definition) is 4. The van der Waals surface area contributed by atoms with E-state index in [1.165, 1.54) is 0 Å². The van der Waals surface area contributed by atoms with Crippen LogP contribution in [0.4, 0.5) is 0 Å². The Morgan fingerprint density at radius 2 is 1.36 bits per heavy atom. The van der Waals surface area contributed by atoms with E-state index in [1.54, 1.807) is 17.6 Å². The molecule has 4 rings (SSSR count). The number of aromatic nitrogens is 1. The van der Waals surface area contributed by atoms with Gasteiger partial charge in [-0.2, -0.15) is 0 Å². The summed E-state index contributed by atoms with van der Waals surface area (Å²) in [5.74, 6) is -0.684. The van der Waals surface area contributed by atoms with Crippen LogP contribution >= 0.6 is 0 Å². The van der Waals surface area contributed by atoms with E-state index in [2.05, 4.69) is 10.3 Å². The van der Waals surface area contributed by atoms with Crippen LogP contribution in [0.15, 0.2) is 78.9 Å². The van der Waals surface area contributed by atoms with Crippen LogP contribution in [0.1, 0.15) is 41.5 Å². The van der Waals surface area contributed by atoms with Crippen molar-refractivity contribution in [2.24, 2.45) is 0 Å². The van der Waals surface area contributed by atoms with Crippen molar-refractivity contribution in [3.8, 4) is 22.4 Å². The van der Waals surface area contributed by atoms with Crippen molar-refractivity contribution in [3.63, 3.8) is 0 Å². The zero-order valence-electron chi connectivity index (χ0n) is 18.7. The van der Waals surface area contributed by atoms with Gasteiger partial charge in [0.2, 0.25) is 0 Å². The molecule has 6 nitrogen and oxygen atoms in total. The summed E-state index contributed by atoms with van der Waals surface area (Å²) in [7, 11) is 0. The summed E-state index contributed by atoms with van der Waals surface area (Å²) >= 11 is 0. The van der Waals surface area contributed by atoms with Gasteiger partial charge in [-0.1, -0.05) is 54.6 Å². The van der Waals surface area contributed by atoms with Crippen molar-refractivity contribution in [3.05, 3.63) is 90.0 Å². The van der Waals surface area contributed by atoms with Gasteiger partial charge in [0, 0.05) is 22.1 Å². The van der Waals surface area contributed by atoms with Crippen LogP contribution in [-0.4, -0.2) is 27.5 Å². The second-order valence-corrected chi connectivity index (χ2v) is 8.87. The smallest absolute Gasteiger partial charge is 0.275 e. The molecule has 0 aliphatic carbocycles. The number of hydroxylamine groups is 1. The Labute approximate surface area is 192 Å². The largest absolute Gasteiger partial charge is 0.347 e. The molecule has 0 spiro atoms. The molecule has 2 amide bonds. The van der Waals surface area contributed by atoms with E-state index < -0.39 is 5.91 Å². The highest BCUT2D eigenvalue weighted by molar-refractivity contribution is 6.06. The highest BCUT2D eigenvalue weighted by Crippen LogP contribution is 2.27. The number of para-hydroxylation sites is 1. The summed E-state index contributed by atoms with van der Waals surface area (Å²) in [6.07, 6.45) is 0. The van der Waals surface area contributed by atoms with Crippen molar-refractivity contribution in [2.45, 2.75) is 26.3 Å². The number of hydrogen-bond donors (Lipinski definition) is 3. The molecule has 0 radical (unpaired) electrons. The molecule has 0 saturated heterocycles. The van der Waals surface area contributed by atoms with E-state index >= 15 is 0 Å². The molecule has 0 aliphatic rings. The SMILES string of the molecule is CC(C)(C)NC(=O)c1ccc(-c2ccc(-c3cc(C(=O)NO)c4ccccc4n3)cc2)cc1. The number of benzene rings is 3. The van der Waals surface area contributed by atoms with E-state index in [9.17, 15) is 9.59 Å². The molecule has 3 N–H and O–H groups in total. The van der Waals surface area contributed by atoms with Gasteiger partial charge >= 0.3 is 0 Å². The molecule has 166 valence electrons. The molecule has 0 fully saturated rings. The quantitative estimate of drug-likeness (QED) is 0.300. The van der Waals surface area contributed by atoms with Crippen LogP contribution in [0.3, 0.4) is 0 Å². The van der Waals surface area contributed by atoms with E-state index in [4.69, 9.17) is 5.21 Å². The summed E-state index contributed by atoms with van der Waals surface area (Å²) in [6.45, 7) is 5.85. The summed E-state index contributed by atoms with van der Waals surface area (Å²) in [5, 5.41) is 12.8. The van der Waals surface area contributed by atoms with Gasteiger partial charge in [0.15, 0.2) is 0 Å². The maximum atomic E-state index is 12.3. The molecule has 4 aromatic rings. The first kappa shape index (κ1) is 22.2. The highest BCUT2D eigenvalue weighted by Gasteiger charge is 2.16. The molecule has 3 aromatic carbocycles. The number of amides is 2. The van der Waals surface area contributed by atoms with Crippen LogP contribution in [0.5, 0.6) is 0 Å². The molecular formula is C27H25N3O3. The van der Waals surface area contributed by atoms with Gasteiger partial charge in [-0.3, -0.25) is 14.8 Å². The molecule has 0 saturated carbocycles.